The fourth-order valence-corrected chi connectivity index (χ4v) is 5.38. The molecule has 2 fully saturated rings. The van der Waals surface area contributed by atoms with Gasteiger partial charge in [-0.2, -0.15) is 0 Å². The van der Waals surface area contributed by atoms with Crippen LogP contribution in [-0.4, -0.2) is 45.3 Å². The highest BCUT2D eigenvalue weighted by Gasteiger charge is 2.34. The second-order valence-electron chi connectivity index (χ2n) is 11.3. The summed E-state index contributed by atoms with van der Waals surface area (Å²) in [6, 6.07) is 15.9. The van der Waals surface area contributed by atoms with Crippen LogP contribution in [0.5, 0.6) is 0 Å². The van der Waals surface area contributed by atoms with Crippen molar-refractivity contribution in [2.24, 2.45) is 0 Å². The Morgan fingerprint density at radius 1 is 0.750 bits per heavy atom. The fourth-order valence-electron chi connectivity index (χ4n) is 5.38. The molecule has 4 rings (SSSR count). The van der Waals surface area contributed by atoms with E-state index in [9.17, 15) is 19.8 Å². The second kappa shape index (κ2) is 14.2. The quantitative estimate of drug-likeness (QED) is 0.425. The first-order chi connectivity index (χ1) is 18.9. The Hall–Kier alpha value is -3.58. The van der Waals surface area contributed by atoms with E-state index in [-0.39, 0.29) is 23.9 Å². The average Bonchev–Trinajstić information content (AvgIpc) is 2.86. The van der Waals surface area contributed by atoms with Crippen molar-refractivity contribution in [3.8, 4) is 23.7 Å². The molecule has 2 aromatic rings. The summed E-state index contributed by atoms with van der Waals surface area (Å²) in [7, 11) is 0. The van der Waals surface area contributed by atoms with Gasteiger partial charge in [-0.15, -0.1) is 0 Å². The SMILES string of the molecule is CC(=O)NC1CCCC(O)(C#Cc2cccc(C)c2)C1.CC(=O)NC1CCCC(O)(C#Cc2cccc(C)c2)C1. The van der Waals surface area contributed by atoms with Crippen molar-refractivity contribution in [1.29, 1.82) is 0 Å². The third-order valence-corrected chi connectivity index (χ3v) is 7.18. The summed E-state index contributed by atoms with van der Waals surface area (Å²) in [5, 5.41) is 26.9. The molecule has 0 aromatic heterocycles. The van der Waals surface area contributed by atoms with Crippen molar-refractivity contribution in [1.82, 2.24) is 10.6 Å². The molecule has 0 spiro atoms. The van der Waals surface area contributed by atoms with Crippen LogP contribution in [0.3, 0.4) is 0 Å². The number of rotatable bonds is 2. The van der Waals surface area contributed by atoms with Crippen molar-refractivity contribution in [3.05, 3.63) is 70.8 Å². The molecule has 6 heteroatoms. The lowest BCUT2D eigenvalue weighted by Gasteiger charge is -2.33. The number of hydrogen-bond donors (Lipinski definition) is 4. The van der Waals surface area contributed by atoms with E-state index in [0.29, 0.717) is 25.7 Å². The summed E-state index contributed by atoms with van der Waals surface area (Å²) in [6.45, 7) is 7.05. The molecule has 0 heterocycles. The Morgan fingerprint density at radius 2 is 1.15 bits per heavy atom. The smallest absolute Gasteiger partial charge is 0.217 e. The Morgan fingerprint density at radius 3 is 1.50 bits per heavy atom. The number of hydrogen-bond acceptors (Lipinski definition) is 4. The van der Waals surface area contributed by atoms with Gasteiger partial charge in [-0.1, -0.05) is 47.9 Å². The lowest BCUT2D eigenvalue weighted by Crippen LogP contribution is -2.44. The highest BCUT2D eigenvalue weighted by atomic mass is 16.3. The highest BCUT2D eigenvalue weighted by molar-refractivity contribution is 5.73. The first-order valence-electron chi connectivity index (χ1n) is 14.1. The molecule has 4 N–H and O–H groups in total. The van der Waals surface area contributed by atoms with Crippen molar-refractivity contribution < 1.29 is 19.8 Å². The number of aliphatic hydroxyl groups is 2. The van der Waals surface area contributed by atoms with Gasteiger partial charge in [0.2, 0.25) is 11.8 Å². The summed E-state index contributed by atoms with van der Waals surface area (Å²) < 4.78 is 0. The Bertz CT molecular complexity index is 1210. The average molecular weight is 543 g/mol. The van der Waals surface area contributed by atoms with Crippen molar-refractivity contribution in [3.63, 3.8) is 0 Å². The van der Waals surface area contributed by atoms with Gasteiger partial charge in [-0.05, 0) is 87.8 Å². The predicted molar refractivity (Wildman–Crippen MR) is 158 cm³/mol. The first-order valence-corrected chi connectivity index (χ1v) is 14.1. The number of carbonyl (C=O) groups excluding carboxylic acids is 2. The first kappa shape index (κ1) is 31.0. The van der Waals surface area contributed by atoms with E-state index in [4.69, 9.17) is 0 Å². The maximum atomic E-state index is 11.1. The van der Waals surface area contributed by atoms with Crippen LogP contribution < -0.4 is 10.6 Å². The maximum absolute atomic E-state index is 11.1. The third kappa shape index (κ3) is 10.5. The standard InChI is InChI=1S/2C17H21NO2/c2*1-13-5-3-6-15(11-13)8-10-17(20)9-4-7-16(12-17)18-14(2)19/h2*3,5-6,11,16,20H,4,7,9,12H2,1-2H3,(H,18,19). The second-order valence-corrected chi connectivity index (χ2v) is 11.3. The van der Waals surface area contributed by atoms with Crippen LogP contribution in [0.1, 0.15) is 87.5 Å². The lowest BCUT2D eigenvalue weighted by atomic mass is 9.82. The van der Waals surface area contributed by atoms with Crippen LogP contribution in [-0.2, 0) is 9.59 Å². The van der Waals surface area contributed by atoms with E-state index in [1.165, 1.54) is 13.8 Å². The third-order valence-electron chi connectivity index (χ3n) is 7.18. The van der Waals surface area contributed by atoms with Gasteiger partial charge >= 0.3 is 0 Å². The molecule has 2 aromatic carbocycles. The zero-order chi connectivity index (χ0) is 29.2. The van der Waals surface area contributed by atoms with Crippen LogP contribution in [0.4, 0.5) is 0 Å². The molecule has 2 aliphatic rings. The minimum atomic E-state index is -0.991. The molecule has 0 saturated heterocycles. The molecule has 0 bridgehead atoms. The maximum Gasteiger partial charge on any atom is 0.217 e. The summed E-state index contributed by atoms with van der Waals surface area (Å²) in [5.74, 6) is 12.0. The van der Waals surface area contributed by atoms with E-state index in [1.54, 1.807) is 0 Å². The van der Waals surface area contributed by atoms with Gasteiger partial charge in [0.25, 0.3) is 0 Å². The molecule has 0 aliphatic heterocycles. The predicted octanol–water partition coefficient (Wildman–Crippen LogP) is 4.31. The van der Waals surface area contributed by atoms with Crippen molar-refractivity contribution >= 4 is 11.8 Å². The highest BCUT2D eigenvalue weighted by Crippen LogP contribution is 2.29. The summed E-state index contributed by atoms with van der Waals surface area (Å²) in [5.41, 5.74) is 2.16. The minimum Gasteiger partial charge on any atom is -0.378 e. The zero-order valence-corrected chi connectivity index (χ0v) is 24.1. The topological polar surface area (TPSA) is 98.7 Å². The van der Waals surface area contributed by atoms with E-state index in [1.807, 2.05) is 62.4 Å². The van der Waals surface area contributed by atoms with E-state index >= 15 is 0 Å². The zero-order valence-electron chi connectivity index (χ0n) is 24.1. The fraction of sp³-hybridized carbons (Fsp3) is 0.471. The number of benzene rings is 2. The molecule has 212 valence electrons. The molecule has 2 aliphatic carbocycles. The summed E-state index contributed by atoms with van der Waals surface area (Å²) in [4.78, 5) is 22.2. The van der Waals surface area contributed by atoms with Gasteiger partial charge in [0.15, 0.2) is 0 Å². The van der Waals surface area contributed by atoms with Crippen LogP contribution in [0.2, 0.25) is 0 Å². The Kier molecular flexibility index (Phi) is 11.0. The Balaban J connectivity index is 0.000000220. The largest absolute Gasteiger partial charge is 0.378 e. The molecule has 4 unspecified atom stereocenters. The van der Waals surface area contributed by atoms with E-state index < -0.39 is 11.2 Å². The van der Waals surface area contributed by atoms with E-state index in [0.717, 1.165) is 47.9 Å². The van der Waals surface area contributed by atoms with Crippen LogP contribution in [0.15, 0.2) is 48.5 Å². The van der Waals surface area contributed by atoms with Gasteiger partial charge < -0.3 is 20.8 Å². The lowest BCUT2D eigenvalue weighted by molar-refractivity contribution is -0.121. The van der Waals surface area contributed by atoms with Gasteiger partial charge in [-0.25, -0.2) is 0 Å². The summed E-state index contributed by atoms with van der Waals surface area (Å²) >= 11 is 0. The van der Waals surface area contributed by atoms with Crippen molar-refractivity contribution in [2.75, 3.05) is 0 Å². The minimum absolute atomic E-state index is 0.0260. The molecule has 0 radical (unpaired) electrons. The van der Waals surface area contributed by atoms with Crippen molar-refractivity contribution in [2.45, 2.75) is 102 Å². The number of carbonyl (C=O) groups is 2. The van der Waals surface area contributed by atoms with Gasteiger partial charge in [-0.3, -0.25) is 9.59 Å². The molecule has 2 amide bonds. The van der Waals surface area contributed by atoms with Crippen LogP contribution in [0, 0.1) is 37.5 Å². The monoisotopic (exact) mass is 542 g/mol. The molecule has 4 atom stereocenters. The van der Waals surface area contributed by atoms with Crippen LogP contribution in [0.25, 0.3) is 0 Å². The van der Waals surface area contributed by atoms with Gasteiger partial charge in [0.05, 0.1) is 0 Å². The van der Waals surface area contributed by atoms with Crippen LogP contribution >= 0.6 is 0 Å². The number of aryl methyl sites for hydroxylation is 2. The van der Waals surface area contributed by atoms with E-state index in [2.05, 4.69) is 34.3 Å². The van der Waals surface area contributed by atoms with Gasteiger partial charge in [0, 0.05) is 49.9 Å². The molecule has 2 saturated carbocycles. The molecule has 6 nitrogen and oxygen atoms in total. The number of nitrogens with one attached hydrogen (secondary N) is 2. The normalized spacial score (nSPS) is 25.4. The molecular weight excluding hydrogens is 500 g/mol. The number of amides is 2. The van der Waals surface area contributed by atoms with Gasteiger partial charge in [0.1, 0.15) is 11.2 Å². The molecule has 40 heavy (non-hydrogen) atoms. The Labute approximate surface area is 239 Å². The molecular formula is C34H42N2O4. The summed E-state index contributed by atoms with van der Waals surface area (Å²) in [6.07, 6.45) is 5.93.